The van der Waals surface area contributed by atoms with E-state index in [2.05, 4.69) is 23.2 Å². The SMILES string of the molecule is CCNC(C)c1ccccc1N1CCC(C(F)(F)F)CC1. The standard InChI is InChI=1S/C16H23F3N2/c1-3-20-12(2)14-6-4-5-7-15(14)21-10-8-13(9-11-21)16(17,18)19/h4-7,12-13,20H,3,8-11H2,1-2H3. The molecule has 1 atom stereocenters. The number of benzene rings is 1. The Kier molecular flexibility index (Phi) is 5.14. The van der Waals surface area contributed by atoms with Crippen molar-refractivity contribution in [3.05, 3.63) is 29.8 Å². The summed E-state index contributed by atoms with van der Waals surface area (Å²) in [6.07, 6.45) is -3.68. The molecule has 0 radical (unpaired) electrons. The van der Waals surface area contributed by atoms with Crippen LogP contribution in [-0.4, -0.2) is 25.8 Å². The van der Waals surface area contributed by atoms with E-state index in [0.717, 1.165) is 17.8 Å². The van der Waals surface area contributed by atoms with Gasteiger partial charge in [0.25, 0.3) is 0 Å². The molecule has 0 aromatic heterocycles. The van der Waals surface area contributed by atoms with E-state index in [0.29, 0.717) is 13.1 Å². The first-order valence-corrected chi connectivity index (χ1v) is 7.57. The molecule has 1 aromatic carbocycles. The average molecular weight is 300 g/mol. The third-order valence-corrected chi connectivity index (χ3v) is 4.21. The minimum absolute atomic E-state index is 0.188. The van der Waals surface area contributed by atoms with Gasteiger partial charge in [0.2, 0.25) is 0 Å². The molecular weight excluding hydrogens is 277 g/mol. The second-order valence-corrected chi connectivity index (χ2v) is 5.64. The molecule has 1 aromatic rings. The zero-order valence-corrected chi connectivity index (χ0v) is 12.6. The zero-order valence-electron chi connectivity index (χ0n) is 12.6. The van der Waals surface area contributed by atoms with Crippen LogP contribution >= 0.6 is 0 Å². The number of hydrogen-bond donors (Lipinski definition) is 1. The topological polar surface area (TPSA) is 15.3 Å². The first-order chi connectivity index (χ1) is 9.93. The highest BCUT2D eigenvalue weighted by Crippen LogP contribution is 2.36. The van der Waals surface area contributed by atoms with Gasteiger partial charge in [0.05, 0.1) is 5.92 Å². The molecule has 1 N–H and O–H groups in total. The Hall–Kier alpha value is -1.23. The van der Waals surface area contributed by atoms with Gasteiger partial charge in [-0.3, -0.25) is 0 Å². The Balaban J connectivity index is 2.10. The lowest BCUT2D eigenvalue weighted by molar-refractivity contribution is -0.179. The van der Waals surface area contributed by atoms with E-state index in [1.165, 1.54) is 0 Å². The number of rotatable bonds is 4. The van der Waals surface area contributed by atoms with Gasteiger partial charge in [-0.15, -0.1) is 0 Å². The maximum Gasteiger partial charge on any atom is 0.391 e. The zero-order chi connectivity index (χ0) is 15.5. The van der Waals surface area contributed by atoms with Crippen molar-refractivity contribution in [1.82, 2.24) is 5.32 Å². The van der Waals surface area contributed by atoms with E-state index in [9.17, 15) is 13.2 Å². The third kappa shape index (κ3) is 3.90. The Labute approximate surface area is 124 Å². The van der Waals surface area contributed by atoms with Gasteiger partial charge >= 0.3 is 6.18 Å². The van der Waals surface area contributed by atoms with Crippen LogP contribution in [0, 0.1) is 5.92 Å². The van der Waals surface area contributed by atoms with E-state index in [-0.39, 0.29) is 18.9 Å². The van der Waals surface area contributed by atoms with Crippen molar-refractivity contribution in [3.63, 3.8) is 0 Å². The van der Waals surface area contributed by atoms with Crippen molar-refractivity contribution >= 4 is 5.69 Å². The van der Waals surface area contributed by atoms with Gasteiger partial charge in [-0.1, -0.05) is 25.1 Å². The first kappa shape index (κ1) is 16.1. The van der Waals surface area contributed by atoms with Crippen LogP contribution in [0.25, 0.3) is 0 Å². The monoisotopic (exact) mass is 300 g/mol. The molecule has 1 fully saturated rings. The van der Waals surface area contributed by atoms with Crippen LogP contribution in [-0.2, 0) is 0 Å². The predicted molar refractivity (Wildman–Crippen MR) is 79.5 cm³/mol. The highest BCUT2D eigenvalue weighted by atomic mass is 19.4. The second-order valence-electron chi connectivity index (χ2n) is 5.64. The fraction of sp³-hybridized carbons (Fsp3) is 0.625. The molecule has 0 amide bonds. The molecule has 1 saturated heterocycles. The van der Waals surface area contributed by atoms with E-state index in [1.54, 1.807) is 0 Å². The van der Waals surface area contributed by atoms with Gasteiger partial charge in [0.1, 0.15) is 0 Å². The summed E-state index contributed by atoms with van der Waals surface area (Å²) in [7, 11) is 0. The Bertz CT molecular complexity index is 451. The van der Waals surface area contributed by atoms with E-state index in [4.69, 9.17) is 0 Å². The number of anilines is 1. The minimum atomic E-state index is -4.05. The molecular formula is C16H23F3N2. The Morgan fingerprint density at radius 2 is 1.86 bits per heavy atom. The van der Waals surface area contributed by atoms with Gasteiger partial charge in [-0.25, -0.2) is 0 Å². The van der Waals surface area contributed by atoms with Crippen LogP contribution in [0.1, 0.15) is 38.3 Å². The minimum Gasteiger partial charge on any atom is -0.371 e. The van der Waals surface area contributed by atoms with Crippen molar-refractivity contribution in [3.8, 4) is 0 Å². The van der Waals surface area contributed by atoms with Crippen LogP contribution < -0.4 is 10.2 Å². The summed E-state index contributed by atoms with van der Waals surface area (Å²) in [4.78, 5) is 2.09. The summed E-state index contributed by atoms with van der Waals surface area (Å²) in [6.45, 7) is 5.95. The smallest absolute Gasteiger partial charge is 0.371 e. The summed E-state index contributed by atoms with van der Waals surface area (Å²) in [5, 5.41) is 3.37. The summed E-state index contributed by atoms with van der Waals surface area (Å²) < 4.78 is 38.3. The van der Waals surface area contributed by atoms with Crippen LogP contribution in [0.4, 0.5) is 18.9 Å². The molecule has 1 unspecified atom stereocenters. The molecule has 2 nitrogen and oxygen atoms in total. The van der Waals surface area contributed by atoms with E-state index < -0.39 is 12.1 Å². The molecule has 5 heteroatoms. The normalized spacial score (nSPS) is 18.8. The molecule has 0 aliphatic carbocycles. The maximum atomic E-state index is 12.8. The van der Waals surface area contributed by atoms with Gasteiger partial charge in [-0.2, -0.15) is 13.2 Å². The Morgan fingerprint density at radius 3 is 2.43 bits per heavy atom. The predicted octanol–water partition coefficient (Wildman–Crippen LogP) is 4.14. The number of nitrogens with one attached hydrogen (secondary N) is 1. The van der Waals surface area contributed by atoms with Crippen molar-refractivity contribution in [2.45, 2.75) is 38.9 Å². The summed E-state index contributed by atoms with van der Waals surface area (Å²) in [6, 6.07) is 8.20. The molecule has 1 aliphatic rings. The van der Waals surface area contributed by atoms with E-state index >= 15 is 0 Å². The van der Waals surface area contributed by atoms with Crippen molar-refractivity contribution < 1.29 is 13.2 Å². The first-order valence-electron chi connectivity index (χ1n) is 7.57. The number of piperidine rings is 1. The van der Waals surface area contributed by atoms with Gasteiger partial charge in [0, 0.05) is 24.8 Å². The quantitative estimate of drug-likeness (QED) is 0.899. The molecule has 0 bridgehead atoms. The second kappa shape index (κ2) is 6.69. The van der Waals surface area contributed by atoms with Gasteiger partial charge in [0.15, 0.2) is 0 Å². The Morgan fingerprint density at radius 1 is 1.24 bits per heavy atom. The highest BCUT2D eigenvalue weighted by molar-refractivity contribution is 5.55. The van der Waals surface area contributed by atoms with Crippen LogP contribution in [0.3, 0.4) is 0 Å². The lowest BCUT2D eigenvalue weighted by Crippen LogP contribution is -2.39. The average Bonchev–Trinajstić information content (AvgIpc) is 2.47. The van der Waals surface area contributed by atoms with Crippen LogP contribution in [0.5, 0.6) is 0 Å². The third-order valence-electron chi connectivity index (χ3n) is 4.21. The van der Waals surface area contributed by atoms with E-state index in [1.807, 2.05) is 25.1 Å². The molecule has 2 rings (SSSR count). The molecule has 1 heterocycles. The molecule has 0 saturated carbocycles. The number of para-hydroxylation sites is 1. The largest absolute Gasteiger partial charge is 0.391 e. The lowest BCUT2D eigenvalue weighted by atomic mass is 9.94. The summed E-state index contributed by atoms with van der Waals surface area (Å²) in [5.41, 5.74) is 2.22. The van der Waals surface area contributed by atoms with Gasteiger partial charge < -0.3 is 10.2 Å². The number of alkyl halides is 3. The number of nitrogens with zero attached hydrogens (tertiary/aromatic N) is 1. The fourth-order valence-electron chi connectivity index (χ4n) is 3.01. The summed E-state index contributed by atoms with van der Waals surface area (Å²) >= 11 is 0. The lowest BCUT2D eigenvalue weighted by Gasteiger charge is -2.36. The molecule has 21 heavy (non-hydrogen) atoms. The van der Waals surface area contributed by atoms with Crippen molar-refractivity contribution in [1.29, 1.82) is 0 Å². The highest BCUT2D eigenvalue weighted by Gasteiger charge is 2.41. The van der Waals surface area contributed by atoms with Crippen molar-refractivity contribution in [2.24, 2.45) is 5.92 Å². The fourth-order valence-corrected chi connectivity index (χ4v) is 3.01. The number of hydrogen-bond acceptors (Lipinski definition) is 2. The van der Waals surface area contributed by atoms with Gasteiger partial charge in [-0.05, 0) is 37.9 Å². The molecule has 1 aliphatic heterocycles. The number of halogens is 3. The van der Waals surface area contributed by atoms with Crippen molar-refractivity contribution in [2.75, 3.05) is 24.5 Å². The summed E-state index contributed by atoms with van der Waals surface area (Å²) in [5.74, 6) is -1.15. The molecule has 118 valence electrons. The maximum absolute atomic E-state index is 12.8. The van der Waals surface area contributed by atoms with Crippen LogP contribution in [0.15, 0.2) is 24.3 Å². The molecule has 0 spiro atoms. The van der Waals surface area contributed by atoms with Crippen LogP contribution in [0.2, 0.25) is 0 Å².